The summed E-state index contributed by atoms with van der Waals surface area (Å²) < 4.78 is 40.2. The third-order valence-corrected chi connectivity index (χ3v) is 14.6. The van der Waals surface area contributed by atoms with E-state index in [9.17, 15) is 27.6 Å². The Bertz CT molecular complexity index is 2040. The highest BCUT2D eigenvalue weighted by molar-refractivity contribution is 7.91. The van der Waals surface area contributed by atoms with Gasteiger partial charge in [-0.2, -0.15) is 0 Å². The molecule has 2 saturated carbocycles. The van der Waals surface area contributed by atoms with Gasteiger partial charge in [0.2, 0.25) is 21.8 Å². The van der Waals surface area contributed by atoms with E-state index >= 15 is 0 Å². The van der Waals surface area contributed by atoms with Crippen molar-refractivity contribution >= 4 is 56.3 Å². The number of allylic oxidation sites excluding steroid dienone is 1. The van der Waals surface area contributed by atoms with Gasteiger partial charge in [0.25, 0.3) is 5.91 Å². The summed E-state index contributed by atoms with van der Waals surface area (Å²) in [5, 5.41) is 7.28. The van der Waals surface area contributed by atoms with Crippen molar-refractivity contribution in [3.05, 3.63) is 46.6 Å². The molecule has 298 valence electrons. The van der Waals surface area contributed by atoms with Gasteiger partial charge in [-0.1, -0.05) is 56.5 Å². The van der Waals surface area contributed by atoms with Crippen LogP contribution >= 0.6 is 11.6 Å². The Labute approximate surface area is 327 Å². The molecule has 15 heteroatoms. The Balaban J connectivity index is 1.24. The maximum atomic E-state index is 14.8. The fraction of sp³-hybridized carbons (Fsp3) is 0.625. The average Bonchev–Trinajstić information content (AvgIpc) is 3.79. The quantitative estimate of drug-likeness (QED) is 0.324. The lowest BCUT2D eigenvalue weighted by atomic mass is 9.65. The summed E-state index contributed by atoms with van der Waals surface area (Å²) in [5.41, 5.74) is -0.135. The van der Waals surface area contributed by atoms with Gasteiger partial charge in [0, 0.05) is 28.3 Å². The van der Waals surface area contributed by atoms with E-state index in [1.807, 2.05) is 51.1 Å². The molecule has 0 bridgehead atoms. The number of halogens is 1. The van der Waals surface area contributed by atoms with E-state index in [-0.39, 0.29) is 31.9 Å². The first kappa shape index (κ1) is 39.3. The summed E-state index contributed by atoms with van der Waals surface area (Å²) in [7, 11) is -4.00. The molecular formula is C40H52ClN5O8S. The fourth-order valence-electron chi connectivity index (χ4n) is 8.47. The van der Waals surface area contributed by atoms with Crippen LogP contribution in [-0.4, -0.2) is 83.2 Å². The Morgan fingerprint density at radius 1 is 1.13 bits per heavy atom. The van der Waals surface area contributed by atoms with E-state index < -0.39 is 67.7 Å². The van der Waals surface area contributed by atoms with E-state index in [0.29, 0.717) is 67.8 Å². The highest BCUT2D eigenvalue weighted by Gasteiger charge is 2.59. The zero-order chi connectivity index (χ0) is 39.3. The highest BCUT2D eigenvalue weighted by atomic mass is 35.5. The third-order valence-electron chi connectivity index (χ3n) is 12.2. The number of carbonyl (C=O) groups excluding carboxylic acids is 4. The zero-order valence-electron chi connectivity index (χ0n) is 32.0. The fourth-order valence-corrected chi connectivity index (χ4v) is 9.95. The van der Waals surface area contributed by atoms with Gasteiger partial charge in [-0.25, -0.2) is 18.2 Å². The normalized spacial score (nSPS) is 29.1. The maximum absolute atomic E-state index is 14.8. The van der Waals surface area contributed by atoms with Gasteiger partial charge in [0.05, 0.1) is 29.1 Å². The Morgan fingerprint density at radius 3 is 2.62 bits per heavy atom. The molecule has 55 heavy (non-hydrogen) atoms. The summed E-state index contributed by atoms with van der Waals surface area (Å²) in [6.45, 7) is 7.53. The Morgan fingerprint density at radius 2 is 1.91 bits per heavy atom. The van der Waals surface area contributed by atoms with Gasteiger partial charge < -0.3 is 25.0 Å². The predicted molar refractivity (Wildman–Crippen MR) is 207 cm³/mol. The molecule has 5 unspecified atom stereocenters. The Hall–Kier alpha value is -3.91. The molecule has 1 saturated heterocycles. The van der Waals surface area contributed by atoms with Crippen LogP contribution in [0.1, 0.15) is 103 Å². The second-order valence-electron chi connectivity index (χ2n) is 16.9. The summed E-state index contributed by atoms with van der Waals surface area (Å²) >= 11 is 6.29. The van der Waals surface area contributed by atoms with Crippen LogP contribution in [-0.2, 0) is 35.6 Å². The molecule has 5 atom stereocenters. The number of nitrogens with zero attached hydrogens (tertiary/aromatic N) is 2. The van der Waals surface area contributed by atoms with E-state index in [4.69, 9.17) is 26.1 Å². The molecule has 2 aliphatic carbocycles. The predicted octanol–water partition coefficient (Wildman–Crippen LogP) is 5.40. The summed E-state index contributed by atoms with van der Waals surface area (Å²) in [4.78, 5) is 62.9. The van der Waals surface area contributed by atoms with Crippen molar-refractivity contribution in [1.82, 2.24) is 25.2 Å². The largest absolute Gasteiger partial charge is 0.483 e. The lowest BCUT2D eigenvalue weighted by Crippen LogP contribution is -2.70. The number of aryl methyl sites for hydroxylation is 2. The lowest BCUT2D eigenvalue weighted by Gasteiger charge is -2.48. The van der Waals surface area contributed by atoms with Crippen LogP contribution in [0.2, 0.25) is 5.02 Å². The topological polar surface area (TPSA) is 173 Å². The van der Waals surface area contributed by atoms with Crippen molar-refractivity contribution in [3.63, 3.8) is 0 Å². The smallest absolute Gasteiger partial charge is 0.407 e. The molecule has 0 radical (unpaired) electrons. The number of carbonyl (C=O) groups is 4. The number of nitrogens with one attached hydrogen (secondary N) is 3. The van der Waals surface area contributed by atoms with Crippen molar-refractivity contribution in [2.24, 2.45) is 11.8 Å². The van der Waals surface area contributed by atoms with Crippen molar-refractivity contribution in [1.29, 1.82) is 0 Å². The van der Waals surface area contributed by atoms with E-state index in [2.05, 4.69) is 15.4 Å². The van der Waals surface area contributed by atoms with Gasteiger partial charge in [-0.05, 0) is 89.7 Å². The number of pyridine rings is 1. The van der Waals surface area contributed by atoms with Crippen LogP contribution < -0.4 is 20.1 Å². The number of hydrogen-bond acceptors (Lipinski definition) is 9. The Kier molecular flexibility index (Phi) is 10.6. The molecule has 2 aromatic rings. The molecule has 3 aliphatic heterocycles. The minimum absolute atomic E-state index is 0.0515. The summed E-state index contributed by atoms with van der Waals surface area (Å²) in [5.74, 6) is -1.55. The van der Waals surface area contributed by atoms with Gasteiger partial charge in [0.1, 0.15) is 29.0 Å². The SMILES string of the molecule is Cc1nc2cc(Cl)ccc2c2c1OC1(CC2)CC2C(=O)NC3(C(=O)NS(=O)(=O)C4(C)CC4)CCC3C=CCCCCCC(NC(=O)OCC(C)C)C(=O)N2C1. The lowest BCUT2D eigenvalue weighted by molar-refractivity contribution is -0.144. The minimum Gasteiger partial charge on any atom is -0.483 e. The van der Waals surface area contributed by atoms with Crippen molar-refractivity contribution in [2.75, 3.05) is 13.2 Å². The van der Waals surface area contributed by atoms with Gasteiger partial charge in [-0.15, -0.1) is 0 Å². The number of sulfonamides is 1. The molecule has 1 aromatic heterocycles. The van der Waals surface area contributed by atoms with Crippen LogP contribution in [0.4, 0.5) is 4.79 Å². The average molecular weight is 798 g/mol. The van der Waals surface area contributed by atoms with Crippen LogP contribution in [0.5, 0.6) is 5.75 Å². The van der Waals surface area contributed by atoms with Gasteiger partial charge >= 0.3 is 6.09 Å². The van der Waals surface area contributed by atoms with Crippen LogP contribution in [0, 0.1) is 18.8 Å². The van der Waals surface area contributed by atoms with Gasteiger partial charge in [0.15, 0.2) is 0 Å². The van der Waals surface area contributed by atoms with Crippen molar-refractivity contribution < 1.29 is 37.1 Å². The first-order valence-electron chi connectivity index (χ1n) is 19.6. The van der Waals surface area contributed by atoms with Crippen molar-refractivity contribution in [2.45, 2.75) is 133 Å². The number of rotatable bonds is 6. The first-order chi connectivity index (χ1) is 26.1. The molecule has 1 spiro atoms. The number of fused-ring (bicyclic) bond motifs is 5. The molecule has 4 amide bonds. The maximum Gasteiger partial charge on any atom is 0.407 e. The molecule has 7 rings (SSSR count). The van der Waals surface area contributed by atoms with E-state index in [1.165, 1.54) is 4.90 Å². The number of ether oxygens (including phenoxy) is 2. The molecular weight excluding hydrogens is 746 g/mol. The first-order valence-corrected chi connectivity index (χ1v) is 21.5. The summed E-state index contributed by atoms with van der Waals surface area (Å²) in [6, 6.07) is 3.48. The number of alkyl carbamates (subject to hydrolysis) is 1. The molecule has 5 aliphatic rings. The van der Waals surface area contributed by atoms with Crippen LogP contribution in [0.15, 0.2) is 30.4 Å². The van der Waals surface area contributed by atoms with Gasteiger partial charge in [-0.3, -0.25) is 19.1 Å². The van der Waals surface area contributed by atoms with E-state index in [0.717, 1.165) is 29.3 Å². The number of amides is 4. The number of benzene rings is 1. The molecule has 13 nitrogen and oxygen atoms in total. The second kappa shape index (κ2) is 14.9. The van der Waals surface area contributed by atoms with Crippen LogP contribution in [0.25, 0.3) is 10.9 Å². The monoisotopic (exact) mass is 797 g/mol. The number of aromatic nitrogens is 1. The van der Waals surface area contributed by atoms with Crippen molar-refractivity contribution in [3.8, 4) is 5.75 Å². The molecule has 3 fully saturated rings. The molecule has 4 heterocycles. The second-order valence-corrected chi connectivity index (χ2v) is 19.5. The minimum atomic E-state index is -4.00. The number of hydrogen-bond donors (Lipinski definition) is 3. The van der Waals surface area contributed by atoms with Crippen LogP contribution in [0.3, 0.4) is 0 Å². The standard InChI is InChI=1S/C40H52ClN5O8S/c1-24(2)22-53-37(50)43-30-11-9-7-5-6-8-10-26-14-17-40(26,36(49)45-55(51,52)38(4)18-19-38)44-34(47)32-21-39(23-46(32)35(30)48)16-15-29-28-13-12-27(41)20-31(28)42-25(3)33(29)54-39/h8,10,12-13,20,24,26,30,32H,5-7,9,11,14-19,21-23H2,1-4H3,(H,43,50)(H,44,47)(H,45,49). The highest BCUT2D eigenvalue weighted by Crippen LogP contribution is 2.47. The molecule has 3 N–H and O–H groups in total. The third kappa shape index (κ3) is 7.65. The molecule has 1 aromatic carbocycles. The van der Waals surface area contributed by atoms with E-state index in [1.54, 1.807) is 6.92 Å². The zero-order valence-corrected chi connectivity index (χ0v) is 33.6. The summed E-state index contributed by atoms with van der Waals surface area (Å²) in [6.07, 6.45) is 9.33.